The van der Waals surface area contributed by atoms with Crippen LogP contribution in [0.5, 0.6) is 0 Å². The summed E-state index contributed by atoms with van der Waals surface area (Å²) in [7, 11) is -3.50. The van der Waals surface area contributed by atoms with Gasteiger partial charge in [0.1, 0.15) is 20.8 Å². The highest BCUT2D eigenvalue weighted by molar-refractivity contribution is 7.91. The van der Waals surface area contributed by atoms with Crippen molar-refractivity contribution >= 4 is 31.9 Å². The lowest BCUT2D eigenvalue weighted by atomic mass is 9.94. The van der Waals surface area contributed by atoms with Crippen molar-refractivity contribution in [3.8, 4) is 6.07 Å². The monoisotopic (exact) mass is 329 g/mol. The Bertz CT molecular complexity index is 676. The van der Waals surface area contributed by atoms with Gasteiger partial charge in [-0.3, -0.25) is 0 Å². The van der Waals surface area contributed by atoms with E-state index in [9.17, 15) is 13.5 Å². The molecular formula is C13H19N3O3S2. The maximum Gasteiger partial charge on any atom is 0.183 e. The predicted molar refractivity (Wildman–Crippen MR) is 83.2 cm³/mol. The zero-order valence-corrected chi connectivity index (χ0v) is 13.7. The lowest BCUT2D eigenvalue weighted by Gasteiger charge is -2.36. The number of thiophene rings is 1. The first-order valence-electron chi connectivity index (χ1n) is 6.74. The number of nitriles is 1. The van der Waals surface area contributed by atoms with Crippen molar-refractivity contribution in [3.05, 3.63) is 4.88 Å². The Balaban J connectivity index is 2.48. The van der Waals surface area contributed by atoms with Crippen LogP contribution in [-0.4, -0.2) is 38.0 Å². The first-order chi connectivity index (χ1) is 9.72. The molecule has 0 radical (unpaired) electrons. The molecule has 0 atom stereocenters. The zero-order chi connectivity index (χ0) is 15.8. The number of aliphatic hydroxyl groups is 1. The van der Waals surface area contributed by atoms with Crippen LogP contribution in [0, 0.1) is 11.3 Å². The van der Waals surface area contributed by atoms with E-state index in [4.69, 9.17) is 11.0 Å². The minimum atomic E-state index is -3.50. The number of sulfone groups is 1. The summed E-state index contributed by atoms with van der Waals surface area (Å²) in [6.45, 7) is 4.43. The molecule has 0 bridgehead atoms. The second-order valence-corrected chi connectivity index (χ2v) is 8.69. The molecule has 0 spiro atoms. The summed E-state index contributed by atoms with van der Waals surface area (Å²) in [5.41, 5.74) is 5.20. The van der Waals surface area contributed by atoms with E-state index in [1.807, 2.05) is 11.0 Å². The van der Waals surface area contributed by atoms with Gasteiger partial charge in [-0.05, 0) is 19.8 Å². The molecule has 1 saturated heterocycles. The highest BCUT2D eigenvalue weighted by atomic mass is 32.2. The second kappa shape index (κ2) is 5.48. The number of nitrogens with two attached hydrogens (primary N) is 1. The molecule has 0 aromatic carbocycles. The molecular weight excluding hydrogens is 310 g/mol. The Hall–Kier alpha value is -1.30. The maximum atomic E-state index is 12.3. The Morgan fingerprint density at radius 3 is 2.52 bits per heavy atom. The molecule has 8 heteroatoms. The summed E-state index contributed by atoms with van der Waals surface area (Å²) < 4.78 is 24.6. The van der Waals surface area contributed by atoms with Crippen LogP contribution < -0.4 is 10.6 Å². The number of piperidine rings is 1. The van der Waals surface area contributed by atoms with Crippen LogP contribution >= 0.6 is 11.3 Å². The highest BCUT2D eigenvalue weighted by Gasteiger charge is 2.33. The van der Waals surface area contributed by atoms with Crippen LogP contribution in [0.4, 0.5) is 10.7 Å². The summed E-state index contributed by atoms with van der Waals surface area (Å²) >= 11 is 1.11. The molecule has 1 aliphatic heterocycles. The first kappa shape index (κ1) is 16.1. The van der Waals surface area contributed by atoms with Gasteiger partial charge >= 0.3 is 0 Å². The molecule has 1 aromatic heterocycles. The van der Waals surface area contributed by atoms with Crippen LogP contribution in [0.1, 0.15) is 31.6 Å². The molecule has 1 aromatic rings. The highest BCUT2D eigenvalue weighted by Crippen LogP contribution is 2.43. The SMILES string of the molecule is CCS(=O)(=O)c1c(N2CCC(C)(O)CC2)sc(C#N)c1N. The zero-order valence-electron chi connectivity index (χ0n) is 12.1. The lowest BCUT2D eigenvalue weighted by molar-refractivity contribution is 0.0352. The minimum Gasteiger partial charge on any atom is -0.396 e. The number of hydrogen-bond donors (Lipinski definition) is 2. The van der Waals surface area contributed by atoms with Gasteiger partial charge in [0.2, 0.25) is 0 Å². The van der Waals surface area contributed by atoms with E-state index in [2.05, 4.69) is 0 Å². The van der Waals surface area contributed by atoms with Gasteiger partial charge in [-0.1, -0.05) is 6.92 Å². The number of nitrogens with zero attached hydrogens (tertiary/aromatic N) is 2. The van der Waals surface area contributed by atoms with Crippen LogP contribution in [0.3, 0.4) is 0 Å². The smallest absolute Gasteiger partial charge is 0.183 e. The molecule has 0 saturated carbocycles. The van der Waals surface area contributed by atoms with E-state index in [-0.39, 0.29) is 21.2 Å². The number of rotatable bonds is 3. The fourth-order valence-electron chi connectivity index (χ4n) is 2.34. The van der Waals surface area contributed by atoms with Crippen molar-refractivity contribution in [3.63, 3.8) is 0 Å². The molecule has 1 fully saturated rings. The first-order valence-corrected chi connectivity index (χ1v) is 9.21. The third kappa shape index (κ3) is 3.00. The summed E-state index contributed by atoms with van der Waals surface area (Å²) in [6.07, 6.45) is 1.11. The van der Waals surface area contributed by atoms with Crippen molar-refractivity contribution in [2.24, 2.45) is 0 Å². The molecule has 21 heavy (non-hydrogen) atoms. The molecule has 3 N–H and O–H groups in total. The largest absolute Gasteiger partial charge is 0.396 e. The van der Waals surface area contributed by atoms with E-state index in [0.717, 1.165) is 11.3 Å². The topological polar surface area (TPSA) is 107 Å². The lowest BCUT2D eigenvalue weighted by Crippen LogP contribution is -2.42. The molecule has 2 rings (SSSR count). The van der Waals surface area contributed by atoms with Crippen LogP contribution in [-0.2, 0) is 9.84 Å². The van der Waals surface area contributed by atoms with Crippen LogP contribution in [0.25, 0.3) is 0 Å². The van der Waals surface area contributed by atoms with Crippen molar-refractivity contribution in [1.29, 1.82) is 5.26 Å². The normalized spacial score (nSPS) is 18.5. The maximum absolute atomic E-state index is 12.3. The van der Waals surface area contributed by atoms with Gasteiger partial charge in [-0.2, -0.15) is 5.26 Å². The van der Waals surface area contributed by atoms with Crippen molar-refractivity contribution < 1.29 is 13.5 Å². The second-order valence-electron chi connectivity index (χ2n) is 5.48. The fraction of sp³-hybridized carbons (Fsp3) is 0.615. The third-order valence-corrected chi connectivity index (χ3v) is 6.90. The Kier molecular flexibility index (Phi) is 4.19. The standard InChI is InChI=1S/C13H19N3O3S2/c1-3-21(18,19)11-10(15)9(8-14)20-12(11)16-6-4-13(2,17)5-7-16/h17H,3-7,15H2,1-2H3. The molecule has 0 aliphatic carbocycles. The fourth-order valence-corrected chi connectivity index (χ4v) is 5.00. The Morgan fingerprint density at radius 1 is 1.48 bits per heavy atom. The number of nitrogen functional groups attached to an aromatic ring is 1. The number of hydrogen-bond acceptors (Lipinski definition) is 7. The summed E-state index contributed by atoms with van der Waals surface area (Å²) in [4.78, 5) is 2.21. The van der Waals surface area contributed by atoms with Gasteiger partial charge in [-0.25, -0.2) is 8.42 Å². The van der Waals surface area contributed by atoms with E-state index in [0.29, 0.717) is 30.9 Å². The quantitative estimate of drug-likeness (QED) is 0.866. The Morgan fingerprint density at radius 2 is 2.05 bits per heavy atom. The summed E-state index contributed by atoms with van der Waals surface area (Å²) in [6, 6.07) is 1.96. The summed E-state index contributed by atoms with van der Waals surface area (Å²) in [5.74, 6) is -0.0582. The third-order valence-electron chi connectivity index (χ3n) is 3.80. The van der Waals surface area contributed by atoms with E-state index in [1.54, 1.807) is 13.8 Å². The average molecular weight is 329 g/mol. The Labute approximate surface area is 128 Å². The van der Waals surface area contributed by atoms with Crippen molar-refractivity contribution in [2.45, 2.75) is 37.2 Å². The molecule has 1 aliphatic rings. The van der Waals surface area contributed by atoms with Gasteiger partial charge in [0.05, 0.1) is 17.0 Å². The van der Waals surface area contributed by atoms with Gasteiger partial charge in [0, 0.05) is 13.1 Å². The summed E-state index contributed by atoms with van der Waals surface area (Å²) in [5, 5.41) is 19.6. The van der Waals surface area contributed by atoms with E-state index in [1.165, 1.54) is 0 Å². The molecule has 0 unspecified atom stereocenters. The molecule has 0 amide bonds. The number of anilines is 2. The van der Waals surface area contributed by atoms with Gasteiger partial charge in [-0.15, -0.1) is 11.3 Å². The van der Waals surface area contributed by atoms with Gasteiger partial charge in [0.15, 0.2) is 9.84 Å². The van der Waals surface area contributed by atoms with E-state index < -0.39 is 15.4 Å². The molecule has 6 nitrogen and oxygen atoms in total. The molecule has 2 heterocycles. The van der Waals surface area contributed by atoms with Crippen molar-refractivity contribution in [1.82, 2.24) is 0 Å². The average Bonchev–Trinajstić information content (AvgIpc) is 2.76. The predicted octanol–water partition coefficient (Wildman–Crippen LogP) is 1.35. The van der Waals surface area contributed by atoms with E-state index >= 15 is 0 Å². The van der Waals surface area contributed by atoms with Gasteiger partial charge in [0.25, 0.3) is 0 Å². The van der Waals surface area contributed by atoms with Crippen LogP contribution in [0.15, 0.2) is 4.90 Å². The van der Waals surface area contributed by atoms with Crippen molar-refractivity contribution in [2.75, 3.05) is 29.5 Å². The molecule has 116 valence electrons. The van der Waals surface area contributed by atoms with Crippen LogP contribution in [0.2, 0.25) is 0 Å². The minimum absolute atomic E-state index is 0.0525. The van der Waals surface area contributed by atoms with Gasteiger partial charge < -0.3 is 15.7 Å².